The van der Waals surface area contributed by atoms with Gasteiger partial charge in [0, 0.05) is 41.9 Å². The number of benzene rings is 4. The van der Waals surface area contributed by atoms with Crippen LogP contribution < -0.4 is 27.0 Å². The Morgan fingerprint density at radius 3 is 1.53 bits per heavy atom. The number of anilines is 1. The first kappa shape index (κ1) is 48.0. The highest BCUT2D eigenvalue weighted by molar-refractivity contribution is 6.31. The molecule has 4 aromatic carbocycles. The minimum absolute atomic E-state index is 0. The van der Waals surface area contributed by atoms with E-state index >= 15 is 0 Å². The fraction of sp³-hybridized carbons (Fsp3) is 0.349. The Hall–Kier alpha value is -4.99. The number of nitrogens with zero attached hydrogens (tertiary/aromatic N) is 1. The lowest BCUT2D eigenvalue weighted by Crippen LogP contribution is -2.45. The molecule has 0 heterocycles. The Balaban J connectivity index is 0.000000457. The van der Waals surface area contributed by atoms with Gasteiger partial charge in [0.1, 0.15) is 0 Å². The summed E-state index contributed by atoms with van der Waals surface area (Å²) in [5, 5.41) is 12.5. The molecule has 0 spiro atoms. The number of halogens is 2. The number of amides is 4. The summed E-state index contributed by atoms with van der Waals surface area (Å²) < 4.78 is 0. The van der Waals surface area contributed by atoms with E-state index < -0.39 is 10.8 Å². The van der Waals surface area contributed by atoms with Crippen LogP contribution in [0, 0.1) is 10.8 Å². The highest BCUT2D eigenvalue weighted by Crippen LogP contribution is 2.19. The molecule has 0 aliphatic rings. The van der Waals surface area contributed by atoms with Crippen LogP contribution in [0.15, 0.2) is 102 Å². The number of hydrogen-bond donors (Lipinski definition) is 5. The molecule has 4 amide bonds. The van der Waals surface area contributed by atoms with Crippen molar-refractivity contribution in [3.8, 4) is 0 Å². The van der Waals surface area contributed by atoms with Gasteiger partial charge in [-0.3, -0.25) is 9.59 Å². The second-order valence-corrected chi connectivity index (χ2v) is 14.4. The molecule has 0 saturated heterocycles. The van der Waals surface area contributed by atoms with E-state index in [-0.39, 0.29) is 31.8 Å². The molecule has 4 rings (SSSR count). The van der Waals surface area contributed by atoms with E-state index in [1.165, 1.54) is 17.2 Å². The standard InChI is InChI=1S/C21H26ClN3O2.C12H17ClN2O.C9H9NO.CH4/c1-4-15-9-11-17(12-10-15)25-20(27)24-14-21(2,3)19(26)23-13-16-7-5-6-8-18(16)22;1-12(2,8-14)11(16)15-7-9-5-3-4-6-10(9)13;1-2-8-3-5-9(6-4-8)10-7-11;/h5-12H,4,13-14H2,1-3H3,(H,23,26)(H2,24,25,27);3-6H,7-8,14H2,1-2H3,(H,15,16);3-6H,2H2,1H3;1H4. The minimum atomic E-state index is -0.759. The molecular formula is C43H56Cl2N6O4. The molecular weight excluding hydrogens is 735 g/mol. The van der Waals surface area contributed by atoms with Crippen molar-refractivity contribution in [1.29, 1.82) is 0 Å². The Kier molecular flexibility index (Phi) is 21.3. The van der Waals surface area contributed by atoms with E-state index in [1.807, 2.05) is 98.8 Å². The lowest BCUT2D eigenvalue weighted by atomic mass is 9.92. The molecule has 55 heavy (non-hydrogen) atoms. The molecule has 0 saturated carbocycles. The van der Waals surface area contributed by atoms with Crippen LogP contribution in [-0.2, 0) is 40.3 Å². The quantitative estimate of drug-likeness (QED) is 0.0675. The monoisotopic (exact) mass is 790 g/mol. The first-order chi connectivity index (χ1) is 25.6. The van der Waals surface area contributed by atoms with Gasteiger partial charge in [-0.2, -0.15) is 4.99 Å². The van der Waals surface area contributed by atoms with Crippen molar-refractivity contribution >= 4 is 58.5 Å². The van der Waals surface area contributed by atoms with Crippen molar-refractivity contribution in [3.05, 3.63) is 129 Å². The molecule has 0 radical (unpaired) electrons. The van der Waals surface area contributed by atoms with Gasteiger partial charge >= 0.3 is 6.03 Å². The van der Waals surface area contributed by atoms with Crippen molar-refractivity contribution in [2.75, 3.05) is 18.4 Å². The summed E-state index contributed by atoms with van der Waals surface area (Å²) in [7, 11) is 0. The van der Waals surface area contributed by atoms with Crippen LogP contribution in [-0.4, -0.2) is 37.0 Å². The summed E-state index contributed by atoms with van der Waals surface area (Å²) in [6.07, 6.45) is 3.45. The normalized spacial score (nSPS) is 10.4. The van der Waals surface area contributed by atoms with Gasteiger partial charge in [-0.05, 0) is 99.2 Å². The summed E-state index contributed by atoms with van der Waals surface area (Å²) >= 11 is 12.1. The average molecular weight is 792 g/mol. The van der Waals surface area contributed by atoms with Gasteiger partial charge in [0.25, 0.3) is 0 Å². The van der Waals surface area contributed by atoms with E-state index in [0.717, 1.165) is 24.0 Å². The topological polar surface area (TPSA) is 155 Å². The molecule has 0 aliphatic heterocycles. The van der Waals surface area contributed by atoms with Crippen LogP contribution in [0.5, 0.6) is 0 Å². The van der Waals surface area contributed by atoms with Crippen LogP contribution >= 0.6 is 23.2 Å². The number of carbonyl (C=O) groups is 3. The van der Waals surface area contributed by atoms with Crippen molar-refractivity contribution in [2.24, 2.45) is 21.6 Å². The number of aryl methyl sites for hydroxylation is 2. The van der Waals surface area contributed by atoms with Crippen molar-refractivity contribution in [2.45, 2.75) is 74.9 Å². The van der Waals surface area contributed by atoms with Gasteiger partial charge in [-0.25, -0.2) is 9.59 Å². The second-order valence-electron chi connectivity index (χ2n) is 13.6. The molecule has 0 aliphatic carbocycles. The van der Waals surface area contributed by atoms with E-state index in [1.54, 1.807) is 26.0 Å². The molecule has 0 aromatic heterocycles. The Morgan fingerprint density at radius 1 is 0.673 bits per heavy atom. The Morgan fingerprint density at radius 2 is 1.11 bits per heavy atom. The van der Waals surface area contributed by atoms with Crippen LogP contribution in [0.4, 0.5) is 16.2 Å². The Labute approximate surface area is 336 Å². The zero-order chi connectivity index (χ0) is 40.1. The minimum Gasteiger partial charge on any atom is -0.351 e. The van der Waals surface area contributed by atoms with Gasteiger partial charge in [0.2, 0.25) is 17.9 Å². The van der Waals surface area contributed by atoms with E-state index in [9.17, 15) is 19.2 Å². The number of rotatable bonds is 13. The lowest BCUT2D eigenvalue weighted by molar-refractivity contribution is -0.129. The van der Waals surface area contributed by atoms with Crippen molar-refractivity contribution < 1.29 is 19.2 Å². The number of nitrogens with two attached hydrogens (primary N) is 1. The molecule has 6 N–H and O–H groups in total. The molecule has 0 unspecified atom stereocenters. The highest BCUT2D eigenvalue weighted by Gasteiger charge is 2.28. The van der Waals surface area contributed by atoms with Gasteiger partial charge in [-0.1, -0.05) is 105 Å². The van der Waals surface area contributed by atoms with Crippen LogP contribution in [0.2, 0.25) is 10.0 Å². The number of carbonyl (C=O) groups excluding carboxylic acids is 4. The SMILES string of the molecule is C.CC(C)(CN)C(=O)NCc1ccccc1Cl.CCc1ccc(N=C=O)cc1.CCc1ccc(NC(=O)NCC(C)(C)C(=O)NCc2ccccc2Cl)cc1. The summed E-state index contributed by atoms with van der Waals surface area (Å²) in [5.74, 6) is -0.218. The maximum absolute atomic E-state index is 12.5. The molecule has 12 heteroatoms. The average Bonchev–Trinajstić information content (AvgIpc) is 3.17. The maximum atomic E-state index is 12.5. The van der Waals surface area contributed by atoms with Gasteiger partial charge in [-0.15, -0.1) is 0 Å². The largest absolute Gasteiger partial charge is 0.351 e. The van der Waals surface area contributed by atoms with Crippen molar-refractivity contribution in [1.82, 2.24) is 16.0 Å². The molecule has 0 fully saturated rings. The first-order valence-corrected chi connectivity index (χ1v) is 18.4. The molecule has 4 aromatic rings. The second kappa shape index (κ2) is 24.4. The van der Waals surface area contributed by atoms with E-state index in [0.29, 0.717) is 41.1 Å². The van der Waals surface area contributed by atoms with Crippen LogP contribution in [0.1, 0.15) is 71.2 Å². The summed E-state index contributed by atoms with van der Waals surface area (Å²) in [6, 6.07) is 29.7. The number of isocyanates is 1. The van der Waals surface area contributed by atoms with Crippen molar-refractivity contribution in [3.63, 3.8) is 0 Å². The third-order valence-corrected chi connectivity index (χ3v) is 9.10. The van der Waals surface area contributed by atoms with Gasteiger partial charge in [0.15, 0.2) is 0 Å². The predicted octanol–water partition coefficient (Wildman–Crippen LogP) is 9.16. The molecule has 10 nitrogen and oxygen atoms in total. The number of hydrogen-bond acceptors (Lipinski definition) is 6. The third-order valence-electron chi connectivity index (χ3n) is 8.36. The van der Waals surface area contributed by atoms with E-state index in [2.05, 4.69) is 40.1 Å². The summed E-state index contributed by atoms with van der Waals surface area (Å²) in [6.45, 7) is 12.7. The zero-order valence-electron chi connectivity index (χ0n) is 31.9. The number of aliphatic imine (C=N–C) groups is 1. The molecule has 0 bridgehead atoms. The fourth-order valence-corrected chi connectivity index (χ4v) is 4.85. The maximum Gasteiger partial charge on any atom is 0.319 e. The first-order valence-electron chi connectivity index (χ1n) is 17.7. The smallest absolute Gasteiger partial charge is 0.319 e. The zero-order valence-corrected chi connectivity index (χ0v) is 33.4. The third kappa shape index (κ3) is 17.4. The van der Waals surface area contributed by atoms with E-state index in [4.69, 9.17) is 28.9 Å². The van der Waals surface area contributed by atoms with Gasteiger partial charge < -0.3 is 27.0 Å². The number of urea groups is 1. The van der Waals surface area contributed by atoms with Gasteiger partial charge in [0.05, 0.1) is 16.5 Å². The highest BCUT2D eigenvalue weighted by atomic mass is 35.5. The summed E-state index contributed by atoms with van der Waals surface area (Å²) in [5.41, 5.74) is 9.81. The van der Waals surface area contributed by atoms with Crippen LogP contribution in [0.25, 0.3) is 0 Å². The number of nitrogens with one attached hydrogen (secondary N) is 4. The summed E-state index contributed by atoms with van der Waals surface area (Å²) in [4.78, 5) is 49.6. The Bertz CT molecular complexity index is 1840. The molecule has 296 valence electrons. The predicted molar refractivity (Wildman–Crippen MR) is 226 cm³/mol. The lowest BCUT2D eigenvalue weighted by Gasteiger charge is -2.24. The van der Waals surface area contributed by atoms with Crippen LogP contribution in [0.3, 0.4) is 0 Å². The fourth-order valence-electron chi connectivity index (χ4n) is 4.45. The molecule has 0 atom stereocenters.